The first-order valence-corrected chi connectivity index (χ1v) is 10.8. The number of hydrogen-bond acceptors (Lipinski definition) is 7. The number of aromatic nitrogens is 1. The Morgan fingerprint density at radius 1 is 1.33 bits per heavy atom. The number of anilines is 1. The van der Waals surface area contributed by atoms with Gasteiger partial charge in [-0.1, -0.05) is 12.1 Å². The van der Waals surface area contributed by atoms with Crippen LogP contribution in [0.1, 0.15) is 21.1 Å². The van der Waals surface area contributed by atoms with Crippen LogP contribution in [0.4, 0.5) is 5.13 Å². The third-order valence-electron chi connectivity index (χ3n) is 4.24. The van der Waals surface area contributed by atoms with Crippen LogP contribution >= 0.6 is 11.3 Å². The van der Waals surface area contributed by atoms with Gasteiger partial charge in [0.1, 0.15) is 5.58 Å². The zero-order chi connectivity index (χ0) is 19.2. The van der Waals surface area contributed by atoms with E-state index in [4.69, 9.17) is 4.42 Å². The fourth-order valence-electron chi connectivity index (χ4n) is 2.88. The zero-order valence-electron chi connectivity index (χ0n) is 14.3. The van der Waals surface area contributed by atoms with Crippen LogP contribution in [0.3, 0.4) is 0 Å². The zero-order valence-corrected chi connectivity index (χ0v) is 15.9. The van der Waals surface area contributed by atoms with E-state index in [2.05, 4.69) is 10.3 Å². The summed E-state index contributed by atoms with van der Waals surface area (Å²) in [6.45, 7) is 0.606. The Kier molecular flexibility index (Phi) is 4.33. The molecule has 8 nitrogen and oxygen atoms in total. The van der Waals surface area contributed by atoms with Crippen molar-refractivity contribution in [2.45, 2.75) is 13.0 Å². The molecule has 4 rings (SSSR count). The standard InChI is InChI=1S/C17H15N3O5S2/c1-27(23,24)20-7-6-11-15(9-20)26-17(18-11)19-16(22)14-8-12(21)10-4-2-3-5-13(10)25-14/h2-5,8H,6-7,9H2,1H3,(H,18,19,22). The Labute approximate surface area is 158 Å². The van der Waals surface area contributed by atoms with Gasteiger partial charge in [0, 0.05) is 30.5 Å². The van der Waals surface area contributed by atoms with Crippen LogP contribution in [0.25, 0.3) is 11.0 Å². The summed E-state index contributed by atoms with van der Waals surface area (Å²) in [5.41, 5.74) is 0.803. The van der Waals surface area contributed by atoms with Crippen molar-refractivity contribution in [1.82, 2.24) is 9.29 Å². The molecule has 0 spiro atoms. The second-order valence-electron chi connectivity index (χ2n) is 6.16. The minimum Gasteiger partial charge on any atom is -0.451 e. The van der Waals surface area contributed by atoms with E-state index in [1.54, 1.807) is 24.3 Å². The lowest BCUT2D eigenvalue weighted by atomic mass is 10.2. The van der Waals surface area contributed by atoms with Crippen LogP contribution in [0.15, 0.2) is 39.5 Å². The molecule has 140 valence electrons. The first-order chi connectivity index (χ1) is 12.8. The number of para-hydroxylation sites is 1. The molecule has 2 aromatic heterocycles. The van der Waals surface area contributed by atoms with Gasteiger partial charge in [0.2, 0.25) is 10.0 Å². The van der Waals surface area contributed by atoms with Crippen LogP contribution in [-0.4, -0.2) is 36.4 Å². The molecule has 0 radical (unpaired) electrons. The number of carbonyl (C=O) groups excluding carboxylic acids is 1. The van der Waals surface area contributed by atoms with Crippen molar-refractivity contribution in [3.05, 3.63) is 56.9 Å². The number of nitrogens with zero attached hydrogens (tertiary/aromatic N) is 2. The highest BCUT2D eigenvalue weighted by Gasteiger charge is 2.26. The second kappa shape index (κ2) is 6.55. The molecular formula is C17H15N3O5S2. The maximum atomic E-state index is 12.5. The smallest absolute Gasteiger partial charge is 0.293 e. The van der Waals surface area contributed by atoms with Crippen molar-refractivity contribution in [2.75, 3.05) is 18.1 Å². The largest absolute Gasteiger partial charge is 0.451 e. The molecule has 1 aromatic carbocycles. The Morgan fingerprint density at radius 2 is 2.11 bits per heavy atom. The summed E-state index contributed by atoms with van der Waals surface area (Å²) in [7, 11) is -3.28. The topological polar surface area (TPSA) is 110 Å². The van der Waals surface area contributed by atoms with E-state index in [0.717, 1.165) is 16.6 Å². The fourth-order valence-corrected chi connectivity index (χ4v) is 4.77. The lowest BCUT2D eigenvalue weighted by Crippen LogP contribution is -2.34. The lowest BCUT2D eigenvalue weighted by molar-refractivity contribution is 0.0997. The minimum absolute atomic E-state index is 0.107. The number of fused-ring (bicyclic) bond motifs is 2. The minimum atomic E-state index is -3.28. The fraction of sp³-hybridized carbons (Fsp3) is 0.235. The van der Waals surface area contributed by atoms with Gasteiger partial charge in [0.05, 0.1) is 17.3 Å². The highest BCUT2D eigenvalue weighted by molar-refractivity contribution is 7.88. The van der Waals surface area contributed by atoms with Crippen molar-refractivity contribution >= 4 is 43.4 Å². The lowest BCUT2D eigenvalue weighted by Gasteiger charge is -2.23. The number of sulfonamides is 1. The predicted octanol–water partition coefficient (Wildman–Crippen LogP) is 1.82. The van der Waals surface area contributed by atoms with Gasteiger partial charge in [0.15, 0.2) is 16.3 Å². The monoisotopic (exact) mass is 405 g/mol. The average Bonchev–Trinajstić information content (AvgIpc) is 3.02. The van der Waals surface area contributed by atoms with E-state index in [1.165, 1.54) is 21.9 Å². The molecule has 1 aliphatic heterocycles. The summed E-state index contributed by atoms with van der Waals surface area (Å²) in [5, 5.41) is 3.37. The van der Waals surface area contributed by atoms with Gasteiger partial charge >= 0.3 is 0 Å². The number of benzene rings is 1. The SMILES string of the molecule is CS(=O)(=O)N1CCc2nc(NC(=O)c3cc(=O)c4ccccc4o3)sc2C1. The molecule has 1 amide bonds. The molecule has 0 aliphatic carbocycles. The number of amides is 1. The number of hydrogen-bond donors (Lipinski definition) is 1. The summed E-state index contributed by atoms with van der Waals surface area (Å²) in [6, 6.07) is 7.84. The Bertz CT molecular complexity index is 1210. The highest BCUT2D eigenvalue weighted by atomic mass is 32.2. The number of carbonyl (C=O) groups is 1. The van der Waals surface area contributed by atoms with Crippen LogP contribution in [0.2, 0.25) is 0 Å². The molecule has 27 heavy (non-hydrogen) atoms. The normalized spacial score (nSPS) is 14.9. The molecular weight excluding hydrogens is 390 g/mol. The number of thiazole rings is 1. The molecule has 0 bridgehead atoms. The van der Waals surface area contributed by atoms with E-state index in [1.807, 2.05) is 0 Å². The summed E-state index contributed by atoms with van der Waals surface area (Å²) in [4.78, 5) is 29.7. The molecule has 0 unspecified atom stereocenters. The van der Waals surface area contributed by atoms with Gasteiger partial charge < -0.3 is 4.42 Å². The number of rotatable bonds is 3. The summed E-state index contributed by atoms with van der Waals surface area (Å²) in [6.07, 6.45) is 1.66. The summed E-state index contributed by atoms with van der Waals surface area (Å²) in [5.74, 6) is -0.687. The van der Waals surface area contributed by atoms with Crippen molar-refractivity contribution in [3.8, 4) is 0 Å². The molecule has 1 aliphatic rings. The number of nitrogens with one attached hydrogen (secondary N) is 1. The van der Waals surface area contributed by atoms with Crippen LogP contribution in [0.5, 0.6) is 0 Å². The third-order valence-corrected chi connectivity index (χ3v) is 6.49. The van der Waals surface area contributed by atoms with E-state index in [0.29, 0.717) is 29.1 Å². The quantitative estimate of drug-likeness (QED) is 0.712. The molecule has 0 atom stereocenters. The van der Waals surface area contributed by atoms with Crippen LogP contribution in [0, 0.1) is 0 Å². The van der Waals surface area contributed by atoms with Gasteiger partial charge in [-0.25, -0.2) is 13.4 Å². The van der Waals surface area contributed by atoms with Gasteiger partial charge in [-0.2, -0.15) is 4.31 Å². The van der Waals surface area contributed by atoms with Gasteiger partial charge in [-0.05, 0) is 12.1 Å². The summed E-state index contributed by atoms with van der Waals surface area (Å²) >= 11 is 1.22. The molecule has 3 heterocycles. The van der Waals surface area contributed by atoms with Crippen LogP contribution in [-0.2, 0) is 23.0 Å². The van der Waals surface area contributed by atoms with E-state index in [-0.39, 0.29) is 17.7 Å². The van der Waals surface area contributed by atoms with Gasteiger partial charge in [-0.3, -0.25) is 14.9 Å². The third kappa shape index (κ3) is 3.51. The Balaban J connectivity index is 1.58. The van der Waals surface area contributed by atoms with Crippen molar-refractivity contribution < 1.29 is 17.6 Å². The molecule has 0 saturated heterocycles. The molecule has 1 N–H and O–H groups in total. The molecule has 3 aromatic rings. The second-order valence-corrected chi connectivity index (χ2v) is 9.23. The molecule has 0 saturated carbocycles. The predicted molar refractivity (Wildman–Crippen MR) is 102 cm³/mol. The molecule has 0 fully saturated rings. The van der Waals surface area contributed by atoms with E-state index in [9.17, 15) is 18.0 Å². The first-order valence-electron chi connectivity index (χ1n) is 8.09. The summed E-state index contributed by atoms with van der Waals surface area (Å²) < 4.78 is 30.3. The van der Waals surface area contributed by atoms with Crippen molar-refractivity contribution in [1.29, 1.82) is 0 Å². The first kappa shape index (κ1) is 17.8. The average molecular weight is 405 g/mol. The van der Waals surface area contributed by atoms with Gasteiger partial charge in [0.25, 0.3) is 5.91 Å². The van der Waals surface area contributed by atoms with E-state index < -0.39 is 15.9 Å². The molecule has 10 heteroatoms. The van der Waals surface area contributed by atoms with Crippen LogP contribution < -0.4 is 10.7 Å². The van der Waals surface area contributed by atoms with Gasteiger partial charge in [-0.15, -0.1) is 11.3 Å². The Morgan fingerprint density at radius 3 is 2.89 bits per heavy atom. The maximum absolute atomic E-state index is 12.5. The maximum Gasteiger partial charge on any atom is 0.293 e. The van der Waals surface area contributed by atoms with Crippen molar-refractivity contribution in [2.24, 2.45) is 0 Å². The highest BCUT2D eigenvalue weighted by Crippen LogP contribution is 2.29. The Hall–Kier alpha value is -2.56. The van der Waals surface area contributed by atoms with E-state index >= 15 is 0 Å². The van der Waals surface area contributed by atoms with Crippen molar-refractivity contribution in [3.63, 3.8) is 0 Å².